The molecule has 1 aromatic heterocycles. The van der Waals surface area contributed by atoms with Crippen molar-refractivity contribution in [3.05, 3.63) is 78.1 Å². The second-order valence-corrected chi connectivity index (χ2v) is 4.51. The van der Waals surface area contributed by atoms with Crippen LogP contribution < -0.4 is 5.43 Å². The summed E-state index contributed by atoms with van der Waals surface area (Å²) in [5.41, 5.74) is 4.04. The maximum absolute atomic E-state index is 12.2. The first-order valence-electron chi connectivity index (χ1n) is 6.56. The van der Waals surface area contributed by atoms with E-state index < -0.39 is 0 Å². The first-order chi connectivity index (χ1) is 10.3. The Balaban J connectivity index is 1.80. The highest BCUT2D eigenvalue weighted by atomic mass is 16.2. The molecule has 21 heavy (non-hydrogen) atoms. The molecule has 0 radical (unpaired) electrons. The Morgan fingerprint density at radius 3 is 2.62 bits per heavy atom. The molecule has 1 N–H and O–H groups in total. The molecule has 0 spiro atoms. The molecule has 0 bridgehead atoms. The van der Waals surface area contributed by atoms with Gasteiger partial charge in [-0.1, -0.05) is 36.4 Å². The fourth-order valence-electron chi connectivity index (χ4n) is 2.10. The second-order valence-electron chi connectivity index (χ2n) is 4.51. The largest absolute Gasteiger partial charge is 0.271 e. The predicted octanol–water partition coefficient (Wildman–Crippen LogP) is 3.00. The van der Waals surface area contributed by atoms with Gasteiger partial charge < -0.3 is 0 Å². The Bertz CT molecular complexity index is 792. The van der Waals surface area contributed by atoms with Crippen LogP contribution in [0, 0.1) is 0 Å². The van der Waals surface area contributed by atoms with Crippen LogP contribution in [-0.4, -0.2) is 17.1 Å². The second kappa shape index (κ2) is 5.96. The topological polar surface area (TPSA) is 54.4 Å². The maximum Gasteiger partial charge on any atom is 0.271 e. The molecule has 0 saturated carbocycles. The van der Waals surface area contributed by atoms with Crippen molar-refractivity contribution in [3.8, 4) is 0 Å². The number of pyridine rings is 1. The van der Waals surface area contributed by atoms with Gasteiger partial charge in [0.05, 0.1) is 6.21 Å². The highest BCUT2D eigenvalue weighted by Gasteiger charge is 2.08. The number of rotatable bonds is 3. The number of carbonyl (C=O) groups excluding carboxylic acids is 1. The van der Waals surface area contributed by atoms with Crippen molar-refractivity contribution < 1.29 is 4.79 Å². The van der Waals surface area contributed by atoms with Gasteiger partial charge >= 0.3 is 0 Å². The molecule has 0 aliphatic carbocycles. The molecule has 0 aliphatic heterocycles. The van der Waals surface area contributed by atoms with Crippen molar-refractivity contribution in [2.24, 2.45) is 5.10 Å². The zero-order valence-corrected chi connectivity index (χ0v) is 11.2. The lowest BCUT2D eigenvalue weighted by molar-refractivity contribution is 0.0957. The highest BCUT2D eigenvalue weighted by Crippen LogP contribution is 2.18. The Labute approximate surface area is 122 Å². The lowest BCUT2D eigenvalue weighted by Gasteiger charge is -2.04. The molecule has 102 valence electrons. The zero-order valence-electron chi connectivity index (χ0n) is 11.2. The maximum atomic E-state index is 12.2. The Morgan fingerprint density at radius 2 is 1.76 bits per heavy atom. The summed E-state index contributed by atoms with van der Waals surface area (Å²) < 4.78 is 0. The summed E-state index contributed by atoms with van der Waals surface area (Å²) in [4.78, 5) is 16.1. The van der Waals surface area contributed by atoms with Crippen LogP contribution in [0.1, 0.15) is 15.9 Å². The van der Waals surface area contributed by atoms with Gasteiger partial charge in [0.15, 0.2) is 0 Å². The SMILES string of the molecule is O=C(NN=Cc1ccncc1)c1cccc2ccccc12. The van der Waals surface area contributed by atoms with E-state index in [9.17, 15) is 4.79 Å². The summed E-state index contributed by atoms with van der Waals surface area (Å²) in [7, 11) is 0. The van der Waals surface area contributed by atoms with Gasteiger partial charge in [-0.2, -0.15) is 5.10 Å². The molecule has 3 rings (SSSR count). The summed E-state index contributed by atoms with van der Waals surface area (Å²) in [6.07, 6.45) is 4.94. The van der Waals surface area contributed by atoms with Crippen LogP contribution in [0.15, 0.2) is 72.1 Å². The van der Waals surface area contributed by atoms with Crippen molar-refractivity contribution in [2.75, 3.05) is 0 Å². The van der Waals surface area contributed by atoms with E-state index in [-0.39, 0.29) is 5.91 Å². The molecule has 1 heterocycles. The van der Waals surface area contributed by atoms with E-state index in [1.165, 1.54) is 0 Å². The molecule has 0 fully saturated rings. The Hall–Kier alpha value is -3.01. The van der Waals surface area contributed by atoms with Crippen LogP contribution >= 0.6 is 0 Å². The van der Waals surface area contributed by atoms with Gasteiger partial charge in [0.1, 0.15) is 0 Å². The van der Waals surface area contributed by atoms with Crippen LogP contribution in [0.2, 0.25) is 0 Å². The van der Waals surface area contributed by atoms with Crippen LogP contribution in [0.3, 0.4) is 0 Å². The van der Waals surface area contributed by atoms with Gasteiger partial charge in [-0.05, 0) is 34.5 Å². The third-order valence-electron chi connectivity index (χ3n) is 3.12. The van der Waals surface area contributed by atoms with Crippen molar-refractivity contribution >= 4 is 22.9 Å². The number of hydrogen-bond acceptors (Lipinski definition) is 3. The number of nitrogens with one attached hydrogen (secondary N) is 1. The smallest absolute Gasteiger partial charge is 0.267 e. The van der Waals surface area contributed by atoms with Crippen molar-refractivity contribution in [3.63, 3.8) is 0 Å². The van der Waals surface area contributed by atoms with Crippen LogP contribution in [0.25, 0.3) is 10.8 Å². The minimum atomic E-state index is -0.225. The van der Waals surface area contributed by atoms with Crippen molar-refractivity contribution in [2.45, 2.75) is 0 Å². The highest BCUT2D eigenvalue weighted by molar-refractivity contribution is 6.07. The molecule has 3 aromatic rings. The fraction of sp³-hybridized carbons (Fsp3) is 0. The van der Waals surface area contributed by atoms with Crippen LogP contribution in [-0.2, 0) is 0 Å². The summed E-state index contributed by atoms with van der Waals surface area (Å²) in [5.74, 6) is -0.225. The lowest BCUT2D eigenvalue weighted by atomic mass is 10.0. The molecule has 4 nitrogen and oxygen atoms in total. The molecular weight excluding hydrogens is 262 g/mol. The molecular formula is C17H13N3O. The third-order valence-corrected chi connectivity index (χ3v) is 3.12. The minimum Gasteiger partial charge on any atom is -0.267 e. The van der Waals surface area contributed by atoms with E-state index in [0.717, 1.165) is 16.3 Å². The average Bonchev–Trinajstić information content (AvgIpc) is 2.55. The molecule has 0 atom stereocenters. The zero-order chi connectivity index (χ0) is 14.5. The van der Waals surface area contributed by atoms with E-state index in [4.69, 9.17) is 0 Å². The van der Waals surface area contributed by atoms with E-state index >= 15 is 0 Å². The summed E-state index contributed by atoms with van der Waals surface area (Å²) in [6, 6.07) is 17.0. The number of benzene rings is 2. The van der Waals surface area contributed by atoms with E-state index in [1.54, 1.807) is 24.7 Å². The summed E-state index contributed by atoms with van der Waals surface area (Å²) in [5, 5.41) is 5.92. The molecule has 4 heteroatoms. The number of fused-ring (bicyclic) bond motifs is 1. The number of carbonyl (C=O) groups is 1. The number of hydrazone groups is 1. The van der Waals surface area contributed by atoms with E-state index in [0.29, 0.717) is 5.56 Å². The number of nitrogens with zero attached hydrogens (tertiary/aromatic N) is 2. The van der Waals surface area contributed by atoms with Gasteiger partial charge in [0, 0.05) is 18.0 Å². The van der Waals surface area contributed by atoms with Gasteiger partial charge in [-0.25, -0.2) is 5.43 Å². The first kappa shape index (κ1) is 13.0. The lowest BCUT2D eigenvalue weighted by Crippen LogP contribution is -2.17. The summed E-state index contributed by atoms with van der Waals surface area (Å²) in [6.45, 7) is 0. The number of hydrogen-bond donors (Lipinski definition) is 1. The summed E-state index contributed by atoms with van der Waals surface area (Å²) >= 11 is 0. The third kappa shape index (κ3) is 2.95. The monoisotopic (exact) mass is 275 g/mol. The van der Waals surface area contributed by atoms with E-state index in [2.05, 4.69) is 15.5 Å². The number of aromatic nitrogens is 1. The Kier molecular flexibility index (Phi) is 3.69. The van der Waals surface area contributed by atoms with Crippen molar-refractivity contribution in [1.82, 2.24) is 10.4 Å². The first-order valence-corrected chi connectivity index (χ1v) is 6.56. The average molecular weight is 275 g/mol. The van der Waals surface area contributed by atoms with Gasteiger partial charge in [-0.3, -0.25) is 9.78 Å². The Morgan fingerprint density at radius 1 is 1.00 bits per heavy atom. The standard InChI is InChI=1S/C17H13N3O/c21-17(20-19-12-13-8-10-18-11-9-13)16-7-3-5-14-4-1-2-6-15(14)16/h1-12H,(H,20,21). The normalized spacial score (nSPS) is 10.9. The molecule has 2 aromatic carbocycles. The van der Waals surface area contributed by atoms with Crippen LogP contribution in [0.4, 0.5) is 0 Å². The molecule has 0 aliphatic rings. The molecule has 0 unspecified atom stereocenters. The van der Waals surface area contributed by atoms with Crippen molar-refractivity contribution in [1.29, 1.82) is 0 Å². The quantitative estimate of drug-likeness (QED) is 0.590. The fourth-order valence-corrected chi connectivity index (χ4v) is 2.10. The minimum absolute atomic E-state index is 0.225. The van der Waals surface area contributed by atoms with Crippen LogP contribution in [0.5, 0.6) is 0 Å². The van der Waals surface area contributed by atoms with Gasteiger partial charge in [0.25, 0.3) is 5.91 Å². The molecule has 1 amide bonds. The van der Waals surface area contributed by atoms with Gasteiger partial charge in [0.2, 0.25) is 0 Å². The predicted molar refractivity (Wildman–Crippen MR) is 83.2 cm³/mol. The van der Waals surface area contributed by atoms with E-state index in [1.807, 2.05) is 48.5 Å². The molecule has 0 saturated heterocycles. The van der Waals surface area contributed by atoms with Gasteiger partial charge in [-0.15, -0.1) is 0 Å². The number of amides is 1.